The zero-order chi connectivity index (χ0) is 10.1. The van der Waals surface area contributed by atoms with Crippen LogP contribution in [0, 0.1) is 0 Å². The molecule has 1 rings (SSSR count). The number of amides is 1. The minimum atomic E-state index is -2.48. The molecule has 6 heteroatoms. The van der Waals surface area contributed by atoms with Gasteiger partial charge < -0.3 is 10.2 Å². The highest BCUT2D eigenvalue weighted by atomic mass is 32.1. The monoisotopic (exact) mass is 176 g/mol. The summed E-state index contributed by atoms with van der Waals surface area (Å²) in [6.07, 6.45) is -0.199. The molecule has 0 aliphatic carbocycles. The Kier molecular flexibility index (Phi) is 1.66. The second kappa shape index (κ2) is 3.31. The number of carboxylic acid groups (broad SMARTS) is 1. The minimum Gasteiger partial charge on any atom is -0.465 e. The minimum absolute atomic E-state index is 0.0282. The molecule has 60 valence electrons. The maximum atomic E-state index is 10.1. The maximum absolute atomic E-state index is 10.1. The van der Waals surface area contributed by atoms with Crippen LogP contribution >= 0.6 is 11.3 Å². The molecular formula is C5H6N2O3S. The van der Waals surface area contributed by atoms with E-state index >= 15 is 0 Å². The molecule has 1 aromatic heterocycles. The van der Waals surface area contributed by atoms with Gasteiger partial charge in [0.2, 0.25) is 0 Å². The molecule has 5 nitrogen and oxygen atoms in total. The Balaban J connectivity index is 2.81. The maximum Gasteiger partial charge on any atom is 0.410 e. The topological polar surface area (TPSA) is 82.5 Å². The molecule has 0 fully saturated rings. The van der Waals surface area contributed by atoms with E-state index in [1.165, 1.54) is 0 Å². The normalized spacial score (nSPS) is 13.5. The predicted octanol–water partition coefficient (Wildman–Crippen LogP) is 0.725. The smallest absolute Gasteiger partial charge is 0.410 e. The van der Waals surface area contributed by atoms with Crippen LogP contribution in [0.25, 0.3) is 0 Å². The van der Waals surface area contributed by atoms with Gasteiger partial charge in [0, 0.05) is 6.20 Å². The lowest BCUT2D eigenvalue weighted by atomic mass is 10.6. The quantitative estimate of drug-likeness (QED) is 0.620. The Morgan fingerprint density at radius 3 is 3.18 bits per heavy atom. The average Bonchev–Trinajstić information content (AvgIpc) is 2.32. The van der Waals surface area contributed by atoms with Crippen LogP contribution < -0.4 is 5.32 Å². The molecular weight excluding hydrogens is 168 g/mol. The fourth-order valence-electron chi connectivity index (χ4n) is 0.475. The standard InChI is InChI=1S/C5H6N2O3S/c8-2-3-1-6-4(11-3)7-5(9)10/h1,8H,2H2,(H,6,7)(H,9,10)/i2D2. The molecule has 0 saturated heterocycles. The van der Waals surface area contributed by atoms with Crippen LogP contribution in [0.3, 0.4) is 0 Å². The van der Waals surface area contributed by atoms with Gasteiger partial charge in [0.1, 0.15) is 0 Å². The lowest BCUT2D eigenvalue weighted by molar-refractivity contribution is 0.209. The van der Waals surface area contributed by atoms with Crippen molar-refractivity contribution in [1.29, 1.82) is 0 Å². The van der Waals surface area contributed by atoms with Gasteiger partial charge in [-0.25, -0.2) is 9.78 Å². The van der Waals surface area contributed by atoms with Crippen LogP contribution in [0.2, 0.25) is 0 Å². The molecule has 1 amide bonds. The van der Waals surface area contributed by atoms with E-state index in [1.807, 2.05) is 5.32 Å². The number of carbonyl (C=O) groups is 1. The van der Waals surface area contributed by atoms with Crippen molar-refractivity contribution in [2.75, 3.05) is 5.32 Å². The number of hydrogen-bond acceptors (Lipinski definition) is 4. The van der Waals surface area contributed by atoms with E-state index in [1.54, 1.807) is 0 Å². The second-order valence-corrected chi connectivity index (χ2v) is 2.60. The first-order valence-electron chi connectivity index (χ1n) is 3.58. The lowest BCUT2D eigenvalue weighted by Gasteiger charge is -1.90. The summed E-state index contributed by atoms with van der Waals surface area (Å²) in [4.78, 5) is 13.6. The molecule has 1 heterocycles. The number of hydrogen-bond donors (Lipinski definition) is 3. The fraction of sp³-hybridized carbons (Fsp3) is 0.200. The Bertz CT molecular complexity index is 322. The van der Waals surface area contributed by atoms with Crippen LogP contribution in [0.1, 0.15) is 7.62 Å². The number of rotatable bonds is 2. The molecule has 11 heavy (non-hydrogen) atoms. The molecule has 0 aromatic carbocycles. The van der Waals surface area contributed by atoms with Crippen molar-refractivity contribution in [2.45, 2.75) is 6.56 Å². The van der Waals surface area contributed by atoms with Crippen LogP contribution in [0.15, 0.2) is 6.20 Å². The first-order valence-corrected chi connectivity index (χ1v) is 3.40. The van der Waals surface area contributed by atoms with E-state index in [4.69, 9.17) is 13.0 Å². The fourth-order valence-corrected chi connectivity index (χ4v) is 1.08. The van der Waals surface area contributed by atoms with E-state index in [0.29, 0.717) is 0 Å². The third-order valence-corrected chi connectivity index (χ3v) is 1.65. The molecule has 0 atom stereocenters. The van der Waals surface area contributed by atoms with Gasteiger partial charge in [0.15, 0.2) is 5.13 Å². The van der Waals surface area contributed by atoms with Crippen molar-refractivity contribution in [3.63, 3.8) is 0 Å². The van der Waals surface area contributed by atoms with Crippen LogP contribution in [0.4, 0.5) is 9.93 Å². The first-order chi connectivity index (χ1) is 5.89. The molecule has 1 aromatic rings. The van der Waals surface area contributed by atoms with Crippen molar-refractivity contribution < 1.29 is 17.7 Å². The van der Waals surface area contributed by atoms with E-state index < -0.39 is 12.7 Å². The number of thiazole rings is 1. The van der Waals surface area contributed by atoms with Crippen LogP contribution in [-0.2, 0) is 6.56 Å². The summed E-state index contributed by atoms with van der Waals surface area (Å²) in [5.41, 5.74) is 0. The van der Waals surface area contributed by atoms with Crippen molar-refractivity contribution in [3.8, 4) is 0 Å². The molecule has 0 aliphatic heterocycles. The number of nitrogens with zero attached hydrogens (tertiary/aromatic N) is 1. The zero-order valence-corrected chi connectivity index (χ0v) is 6.05. The Labute approximate surface area is 69.1 Å². The van der Waals surface area contributed by atoms with Gasteiger partial charge in [-0.1, -0.05) is 11.3 Å². The van der Waals surface area contributed by atoms with E-state index in [9.17, 15) is 4.79 Å². The van der Waals surface area contributed by atoms with E-state index in [-0.39, 0.29) is 10.0 Å². The molecule has 0 aliphatic rings. The molecule has 0 bridgehead atoms. The summed E-state index contributed by atoms with van der Waals surface area (Å²) in [6.45, 7) is -2.48. The zero-order valence-electron chi connectivity index (χ0n) is 7.24. The summed E-state index contributed by atoms with van der Waals surface area (Å²) in [5, 5.41) is 19.1. The molecule has 0 unspecified atom stereocenters. The van der Waals surface area contributed by atoms with Gasteiger partial charge >= 0.3 is 6.09 Å². The Morgan fingerprint density at radius 1 is 2.00 bits per heavy atom. The summed E-state index contributed by atoms with van der Waals surface area (Å²) in [6, 6.07) is 0. The molecule has 0 spiro atoms. The van der Waals surface area contributed by atoms with Crippen molar-refractivity contribution in [1.82, 2.24) is 4.98 Å². The number of aliphatic hydroxyl groups is 1. The summed E-state index contributed by atoms with van der Waals surface area (Å²) < 4.78 is 13.8. The highest BCUT2D eigenvalue weighted by molar-refractivity contribution is 7.15. The largest absolute Gasteiger partial charge is 0.465 e. The van der Waals surface area contributed by atoms with Crippen LogP contribution in [0.5, 0.6) is 0 Å². The molecule has 0 radical (unpaired) electrons. The number of aromatic nitrogens is 1. The number of anilines is 1. The average molecular weight is 176 g/mol. The van der Waals surface area contributed by atoms with E-state index in [2.05, 4.69) is 4.98 Å². The first kappa shape index (κ1) is 5.50. The Morgan fingerprint density at radius 2 is 2.73 bits per heavy atom. The van der Waals surface area contributed by atoms with E-state index in [0.717, 1.165) is 17.5 Å². The molecule has 0 saturated carbocycles. The lowest BCUT2D eigenvalue weighted by Crippen LogP contribution is -2.06. The summed E-state index contributed by atoms with van der Waals surface area (Å²) in [7, 11) is 0. The van der Waals surface area contributed by atoms with Crippen molar-refractivity contribution in [2.24, 2.45) is 0 Å². The SMILES string of the molecule is [2H]C([2H])(O)c1cnc(NC(=O)O)s1. The van der Waals surface area contributed by atoms with Gasteiger partial charge in [0.05, 0.1) is 14.2 Å². The summed E-state index contributed by atoms with van der Waals surface area (Å²) in [5.74, 6) is 0. The van der Waals surface area contributed by atoms with Crippen molar-refractivity contribution in [3.05, 3.63) is 11.1 Å². The van der Waals surface area contributed by atoms with Crippen molar-refractivity contribution >= 4 is 22.6 Å². The van der Waals surface area contributed by atoms with Gasteiger partial charge in [-0.2, -0.15) is 0 Å². The van der Waals surface area contributed by atoms with Gasteiger partial charge in [-0.15, -0.1) is 0 Å². The molecule has 3 N–H and O–H groups in total. The number of nitrogens with one attached hydrogen (secondary N) is 1. The van der Waals surface area contributed by atoms with Gasteiger partial charge in [-0.05, 0) is 0 Å². The third kappa shape index (κ3) is 2.17. The van der Waals surface area contributed by atoms with Crippen LogP contribution in [-0.4, -0.2) is 21.3 Å². The second-order valence-electron chi connectivity index (χ2n) is 1.57. The predicted molar refractivity (Wildman–Crippen MR) is 39.7 cm³/mol. The third-order valence-electron chi connectivity index (χ3n) is 0.830. The summed E-state index contributed by atoms with van der Waals surface area (Å²) >= 11 is 0.740. The van der Waals surface area contributed by atoms with Gasteiger partial charge in [-0.3, -0.25) is 5.32 Å². The van der Waals surface area contributed by atoms with Gasteiger partial charge in [0.25, 0.3) is 0 Å². The highest BCUT2D eigenvalue weighted by Crippen LogP contribution is 2.17. The highest BCUT2D eigenvalue weighted by Gasteiger charge is 2.02. The Hall–Kier alpha value is -1.14.